The number of hydrogen-bond donors (Lipinski definition) is 0. The first-order valence-corrected chi connectivity index (χ1v) is 8.21. The van der Waals surface area contributed by atoms with Gasteiger partial charge in [-0.2, -0.15) is 0 Å². The van der Waals surface area contributed by atoms with Crippen molar-refractivity contribution in [1.29, 1.82) is 0 Å². The summed E-state index contributed by atoms with van der Waals surface area (Å²) in [7, 11) is 0. The highest BCUT2D eigenvalue weighted by atomic mass is 15.1. The van der Waals surface area contributed by atoms with Gasteiger partial charge < -0.3 is 0 Å². The molecule has 2 bridgehead atoms. The van der Waals surface area contributed by atoms with Crippen LogP contribution in [0.1, 0.15) is 29.9 Å². The second-order valence-electron chi connectivity index (χ2n) is 6.71. The maximum Gasteiger partial charge on any atom is 0.0233 e. The van der Waals surface area contributed by atoms with E-state index in [1.807, 2.05) is 0 Å². The zero-order chi connectivity index (χ0) is 14.1. The van der Waals surface area contributed by atoms with Gasteiger partial charge in [0, 0.05) is 19.6 Å². The third-order valence-electron chi connectivity index (χ3n) is 5.34. The van der Waals surface area contributed by atoms with Gasteiger partial charge in [-0.3, -0.25) is 4.90 Å². The molecule has 1 aliphatic carbocycles. The first-order valence-electron chi connectivity index (χ1n) is 8.21. The van der Waals surface area contributed by atoms with Crippen LogP contribution in [0.2, 0.25) is 0 Å². The zero-order valence-corrected chi connectivity index (χ0v) is 12.5. The highest BCUT2D eigenvalue weighted by Crippen LogP contribution is 2.48. The Hall–Kier alpha value is -1.60. The standard InChI is InChI=1S/C20H23N/c1-3-7-16(8-4-1)13-21-14-18-11-12-19(15-21)20(18)17-9-5-2-6-10-17/h1-10,18-20H,11-15H2/t18-,19+,20?. The summed E-state index contributed by atoms with van der Waals surface area (Å²) in [5.74, 6) is 2.52. The van der Waals surface area contributed by atoms with Crippen molar-refractivity contribution in [3.8, 4) is 0 Å². The van der Waals surface area contributed by atoms with E-state index >= 15 is 0 Å². The van der Waals surface area contributed by atoms with Gasteiger partial charge in [-0.25, -0.2) is 0 Å². The number of piperidine rings is 1. The molecule has 0 aromatic heterocycles. The Labute approximate surface area is 127 Å². The molecule has 3 atom stereocenters. The van der Waals surface area contributed by atoms with Gasteiger partial charge in [0.05, 0.1) is 0 Å². The van der Waals surface area contributed by atoms with Gasteiger partial charge in [-0.1, -0.05) is 60.7 Å². The van der Waals surface area contributed by atoms with E-state index in [0.717, 1.165) is 24.3 Å². The molecule has 2 aromatic rings. The molecule has 1 unspecified atom stereocenters. The van der Waals surface area contributed by atoms with Crippen LogP contribution in [-0.4, -0.2) is 18.0 Å². The first kappa shape index (κ1) is 13.1. The normalized spacial score (nSPS) is 28.7. The smallest absolute Gasteiger partial charge is 0.0233 e. The SMILES string of the molecule is c1ccc(CN2C[C@H]3CC[C@@H](C2)C3c2ccccc2)cc1. The Morgan fingerprint density at radius 3 is 1.95 bits per heavy atom. The molecule has 0 radical (unpaired) electrons. The fourth-order valence-corrected chi connectivity index (χ4v) is 4.51. The zero-order valence-electron chi connectivity index (χ0n) is 12.5. The van der Waals surface area contributed by atoms with Crippen molar-refractivity contribution < 1.29 is 0 Å². The summed E-state index contributed by atoms with van der Waals surface area (Å²) in [4.78, 5) is 2.68. The summed E-state index contributed by atoms with van der Waals surface area (Å²) >= 11 is 0. The Morgan fingerprint density at radius 2 is 1.33 bits per heavy atom. The average molecular weight is 277 g/mol. The third-order valence-corrected chi connectivity index (χ3v) is 5.34. The largest absolute Gasteiger partial charge is 0.298 e. The molecule has 4 rings (SSSR count). The number of nitrogens with zero attached hydrogens (tertiary/aromatic N) is 1. The van der Waals surface area contributed by atoms with E-state index < -0.39 is 0 Å². The summed E-state index contributed by atoms with van der Waals surface area (Å²) in [6, 6.07) is 22.1. The summed E-state index contributed by atoms with van der Waals surface area (Å²) < 4.78 is 0. The van der Waals surface area contributed by atoms with Crippen molar-refractivity contribution in [2.24, 2.45) is 11.8 Å². The minimum atomic E-state index is 0.804. The van der Waals surface area contributed by atoms with Crippen molar-refractivity contribution in [1.82, 2.24) is 4.90 Å². The van der Waals surface area contributed by atoms with E-state index in [0.29, 0.717) is 0 Å². The summed E-state index contributed by atoms with van der Waals surface area (Å²) in [6.45, 7) is 3.66. The maximum absolute atomic E-state index is 2.68. The monoisotopic (exact) mass is 277 g/mol. The van der Waals surface area contributed by atoms with Gasteiger partial charge in [0.1, 0.15) is 0 Å². The van der Waals surface area contributed by atoms with Crippen LogP contribution in [0, 0.1) is 11.8 Å². The molecule has 2 aromatic carbocycles. The lowest BCUT2D eigenvalue weighted by Crippen LogP contribution is -2.40. The van der Waals surface area contributed by atoms with Crippen LogP contribution in [0.15, 0.2) is 60.7 Å². The molecule has 1 heterocycles. The second-order valence-corrected chi connectivity index (χ2v) is 6.71. The van der Waals surface area contributed by atoms with Crippen LogP contribution < -0.4 is 0 Å². The van der Waals surface area contributed by atoms with E-state index in [1.165, 1.54) is 31.5 Å². The van der Waals surface area contributed by atoms with E-state index in [1.54, 1.807) is 5.56 Å². The molecule has 2 fully saturated rings. The molecule has 1 heteroatoms. The lowest BCUT2D eigenvalue weighted by atomic mass is 9.80. The molecule has 0 N–H and O–H groups in total. The summed E-state index contributed by atoms with van der Waals surface area (Å²) in [6.07, 6.45) is 2.82. The van der Waals surface area contributed by atoms with Crippen molar-refractivity contribution >= 4 is 0 Å². The maximum atomic E-state index is 2.68. The Bertz CT molecular complexity index is 563. The molecule has 1 aliphatic heterocycles. The molecule has 2 aliphatic rings. The van der Waals surface area contributed by atoms with Crippen LogP contribution in [0.3, 0.4) is 0 Å². The predicted octanol–water partition coefficient (Wildman–Crippen LogP) is 4.31. The van der Waals surface area contributed by atoms with Gasteiger partial charge in [-0.15, -0.1) is 0 Å². The molecule has 0 amide bonds. The van der Waals surface area contributed by atoms with Crippen LogP contribution in [0.25, 0.3) is 0 Å². The van der Waals surface area contributed by atoms with Crippen molar-refractivity contribution in [2.45, 2.75) is 25.3 Å². The minimum Gasteiger partial charge on any atom is -0.298 e. The summed E-state index contributed by atoms with van der Waals surface area (Å²) in [5.41, 5.74) is 3.03. The molecular formula is C20H23N. The number of likely N-dealkylation sites (tertiary alicyclic amines) is 1. The molecule has 1 saturated heterocycles. The van der Waals surface area contributed by atoms with Crippen LogP contribution >= 0.6 is 0 Å². The lowest BCUT2D eigenvalue weighted by molar-refractivity contribution is 0.138. The van der Waals surface area contributed by atoms with Gasteiger partial charge in [0.25, 0.3) is 0 Å². The Morgan fingerprint density at radius 1 is 0.762 bits per heavy atom. The number of hydrogen-bond acceptors (Lipinski definition) is 1. The topological polar surface area (TPSA) is 3.24 Å². The van der Waals surface area contributed by atoms with Crippen LogP contribution in [-0.2, 0) is 6.54 Å². The predicted molar refractivity (Wildman–Crippen MR) is 87.1 cm³/mol. The van der Waals surface area contributed by atoms with E-state index in [9.17, 15) is 0 Å². The fourth-order valence-electron chi connectivity index (χ4n) is 4.51. The fraction of sp³-hybridized carbons (Fsp3) is 0.400. The van der Waals surface area contributed by atoms with Gasteiger partial charge in [0.15, 0.2) is 0 Å². The van der Waals surface area contributed by atoms with Crippen molar-refractivity contribution in [3.63, 3.8) is 0 Å². The second kappa shape index (κ2) is 5.65. The number of rotatable bonds is 3. The highest BCUT2D eigenvalue weighted by molar-refractivity contribution is 5.24. The van der Waals surface area contributed by atoms with Gasteiger partial charge in [-0.05, 0) is 41.7 Å². The Balaban J connectivity index is 1.49. The van der Waals surface area contributed by atoms with Gasteiger partial charge >= 0.3 is 0 Å². The third kappa shape index (κ3) is 2.63. The summed E-state index contributed by atoms with van der Waals surface area (Å²) in [5, 5.41) is 0. The van der Waals surface area contributed by atoms with Crippen LogP contribution in [0.4, 0.5) is 0 Å². The molecule has 21 heavy (non-hydrogen) atoms. The molecule has 1 saturated carbocycles. The quantitative estimate of drug-likeness (QED) is 0.808. The van der Waals surface area contributed by atoms with E-state index in [-0.39, 0.29) is 0 Å². The minimum absolute atomic E-state index is 0.804. The molecular weight excluding hydrogens is 254 g/mol. The molecule has 1 nitrogen and oxygen atoms in total. The average Bonchev–Trinajstić information content (AvgIpc) is 2.80. The van der Waals surface area contributed by atoms with E-state index in [2.05, 4.69) is 65.6 Å². The van der Waals surface area contributed by atoms with Crippen LogP contribution in [0.5, 0.6) is 0 Å². The van der Waals surface area contributed by atoms with E-state index in [4.69, 9.17) is 0 Å². The van der Waals surface area contributed by atoms with Crippen molar-refractivity contribution in [3.05, 3.63) is 71.8 Å². The first-order chi connectivity index (χ1) is 10.4. The lowest BCUT2D eigenvalue weighted by Gasteiger charge is -2.38. The number of benzene rings is 2. The Kier molecular flexibility index (Phi) is 3.52. The molecule has 108 valence electrons. The number of fused-ring (bicyclic) bond motifs is 2. The van der Waals surface area contributed by atoms with Gasteiger partial charge in [0.2, 0.25) is 0 Å². The van der Waals surface area contributed by atoms with Crippen molar-refractivity contribution in [2.75, 3.05) is 13.1 Å². The highest BCUT2D eigenvalue weighted by Gasteiger charge is 2.42. The molecule has 0 spiro atoms.